The molecule has 0 amide bonds. The van der Waals surface area contributed by atoms with E-state index in [1.54, 1.807) is 0 Å². The predicted molar refractivity (Wildman–Crippen MR) is 65.3 cm³/mol. The van der Waals surface area contributed by atoms with Gasteiger partial charge in [-0.25, -0.2) is 4.98 Å². The van der Waals surface area contributed by atoms with E-state index in [1.807, 2.05) is 0 Å². The van der Waals surface area contributed by atoms with Gasteiger partial charge in [-0.2, -0.15) is 0 Å². The molecule has 0 saturated heterocycles. The van der Waals surface area contributed by atoms with E-state index in [-0.39, 0.29) is 0 Å². The number of nitrogens with zero attached hydrogens (tertiary/aromatic N) is 2. The number of hydrogen-bond donors (Lipinski definition) is 0. The number of imidazole rings is 1. The Balaban J connectivity index is 2.03. The highest BCUT2D eigenvalue weighted by atomic mass is 15.1. The summed E-state index contributed by atoms with van der Waals surface area (Å²) in [7, 11) is 0. The number of aryl methyl sites for hydroxylation is 3. The third-order valence-corrected chi connectivity index (χ3v) is 3.22. The standard InChI is InChI=1S/C14H16N2/c1-11-5-4-6-12(9-11)13-10-16-8-3-2-7-14(16)15-13/h4-6,9-10H,2-3,7-8H2,1H3. The number of rotatable bonds is 1. The van der Waals surface area contributed by atoms with Gasteiger partial charge in [-0.3, -0.25) is 0 Å². The lowest BCUT2D eigenvalue weighted by molar-refractivity contribution is 0.522. The molecule has 3 rings (SSSR count). The highest BCUT2D eigenvalue weighted by molar-refractivity contribution is 5.59. The fraction of sp³-hybridized carbons (Fsp3) is 0.357. The summed E-state index contributed by atoms with van der Waals surface area (Å²) in [6.45, 7) is 3.26. The zero-order valence-corrected chi connectivity index (χ0v) is 9.61. The second kappa shape index (κ2) is 3.78. The first-order chi connectivity index (χ1) is 7.83. The Morgan fingerprint density at radius 2 is 2.19 bits per heavy atom. The molecule has 0 aliphatic carbocycles. The number of fused-ring (bicyclic) bond motifs is 1. The minimum absolute atomic E-state index is 1.13. The van der Waals surface area contributed by atoms with Crippen molar-refractivity contribution in [1.29, 1.82) is 0 Å². The normalized spacial score (nSPS) is 14.8. The van der Waals surface area contributed by atoms with Gasteiger partial charge in [-0.15, -0.1) is 0 Å². The predicted octanol–water partition coefficient (Wildman–Crippen LogP) is 3.19. The van der Waals surface area contributed by atoms with Crippen LogP contribution in [0.4, 0.5) is 0 Å². The van der Waals surface area contributed by atoms with Crippen LogP contribution in [0.25, 0.3) is 11.3 Å². The van der Waals surface area contributed by atoms with Gasteiger partial charge in [0.15, 0.2) is 0 Å². The van der Waals surface area contributed by atoms with Gasteiger partial charge in [0.05, 0.1) is 5.69 Å². The second-order valence-electron chi connectivity index (χ2n) is 4.56. The van der Waals surface area contributed by atoms with E-state index < -0.39 is 0 Å². The van der Waals surface area contributed by atoms with Crippen LogP contribution in [0.1, 0.15) is 24.2 Å². The first kappa shape index (κ1) is 9.64. The molecule has 2 heteroatoms. The van der Waals surface area contributed by atoms with Crippen LogP contribution in [-0.2, 0) is 13.0 Å². The maximum atomic E-state index is 4.73. The highest BCUT2D eigenvalue weighted by Crippen LogP contribution is 2.22. The summed E-state index contributed by atoms with van der Waals surface area (Å²) in [5, 5.41) is 0. The summed E-state index contributed by atoms with van der Waals surface area (Å²) in [4.78, 5) is 4.73. The quantitative estimate of drug-likeness (QED) is 0.709. The summed E-state index contributed by atoms with van der Waals surface area (Å²) in [6.07, 6.45) is 5.90. The molecule has 0 bridgehead atoms. The molecule has 1 aromatic carbocycles. The van der Waals surface area contributed by atoms with Crippen molar-refractivity contribution in [3.63, 3.8) is 0 Å². The molecule has 82 valence electrons. The van der Waals surface area contributed by atoms with Gasteiger partial charge < -0.3 is 4.57 Å². The minimum atomic E-state index is 1.13. The summed E-state index contributed by atoms with van der Waals surface area (Å²) < 4.78 is 2.31. The SMILES string of the molecule is Cc1cccc(-c2cn3c(n2)CCCC3)c1. The maximum Gasteiger partial charge on any atom is 0.109 e. The summed E-state index contributed by atoms with van der Waals surface area (Å²) in [5.74, 6) is 1.25. The smallest absolute Gasteiger partial charge is 0.109 e. The van der Waals surface area contributed by atoms with Crippen molar-refractivity contribution in [2.45, 2.75) is 32.7 Å². The summed E-state index contributed by atoms with van der Waals surface area (Å²) in [6, 6.07) is 8.57. The zero-order valence-electron chi connectivity index (χ0n) is 9.61. The lowest BCUT2D eigenvalue weighted by Crippen LogP contribution is -2.08. The van der Waals surface area contributed by atoms with Crippen molar-refractivity contribution >= 4 is 0 Å². The van der Waals surface area contributed by atoms with Crippen LogP contribution in [0, 0.1) is 6.92 Å². The van der Waals surface area contributed by atoms with Gasteiger partial charge in [0.25, 0.3) is 0 Å². The molecule has 0 radical (unpaired) electrons. The summed E-state index contributed by atoms with van der Waals surface area (Å²) >= 11 is 0. The fourth-order valence-electron chi connectivity index (χ4n) is 2.36. The first-order valence-electron chi connectivity index (χ1n) is 5.96. The third-order valence-electron chi connectivity index (χ3n) is 3.22. The Bertz CT molecular complexity index is 488. The third kappa shape index (κ3) is 1.64. The van der Waals surface area contributed by atoms with E-state index >= 15 is 0 Å². The monoisotopic (exact) mass is 212 g/mol. The van der Waals surface area contributed by atoms with Crippen LogP contribution >= 0.6 is 0 Å². The summed E-state index contributed by atoms with van der Waals surface area (Å²) in [5.41, 5.74) is 3.66. The van der Waals surface area contributed by atoms with Crippen LogP contribution in [0.3, 0.4) is 0 Å². The second-order valence-corrected chi connectivity index (χ2v) is 4.56. The average Bonchev–Trinajstić information content (AvgIpc) is 2.72. The lowest BCUT2D eigenvalue weighted by atomic mass is 10.1. The van der Waals surface area contributed by atoms with Crippen LogP contribution in [0.5, 0.6) is 0 Å². The van der Waals surface area contributed by atoms with Gasteiger partial charge in [0.1, 0.15) is 5.82 Å². The van der Waals surface area contributed by atoms with E-state index in [2.05, 4.69) is 42.0 Å². The Kier molecular flexibility index (Phi) is 2.28. The van der Waals surface area contributed by atoms with Gasteiger partial charge in [-0.1, -0.05) is 23.8 Å². The van der Waals surface area contributed by atoms with E-state index in [9.17, 15) is 0 Å². The van der Waals surface area contributed by atoms with E-state index in [0.717, 1.165) is 18.7 Å². The number of hydrogen-bond acceptors (Lipinski definition) is 1. The first-order valence-corrected chi connectivity index (χ1v) is 5.96. The van der Waals surface area contributed by atoms with Crippen molar-refractivity contribution in [2.75, 3.05) is 0 Å². The average molecular weight is 212 g/mol. The molecule has 0 N–H and O–H groups in total. The molecule has 1 aromatic heterocycles. The van der Waals surface area contributed by atoms with E-state index in [1.165, 1.54) is 29.8 Å². The topological polar surface area (TPSA) is 17.8 Å². The molecule has 0 fully saturated rings. The van der Waals surface area contributed by atoms with Crippen molar-refractivity contribution in [3.8, 4) is 11.3 Å². The van der Waals surface area contributed by atoms with E-state index in [0.29, 0.717) is 0 Å². The molecule has 0 saturated carbocycles. The molecule has 2 aromatic rings. The maximum absolute atomic E-state index is 4.73. The largest absolute Gasteiger partial charge is 0.334 e. The minimum Gasteiger partial charge on any atom is -0.334 e. The van der Waals surface area contributed by atoms with Crippen LogP contribution < -0.4 is 0 Å². The molecule has 2 nitrogen and oxygen atoms in total. The van der Waals surface area contributed by atoms with Gasteiger partial charge in [0.2, 0.25) is 0 Å². The Morgan fingerprint density at radius 1 is 1.25 bits per heavy atom. The zero-order chi connectivity index (χ0) is 11.0. The molecule has 1 aliphatic rings. The molecular formula is C14H16N2. The van der Waals surface area contributed by atoms with Crippen molar-refractivity contribution in [1.82, 2.24) is 9.55 Å². The highest BCUT2D eigenvalue weighted by Gasteiger charge is 2.12. The van der Waals surface area contributed by atoms with Crippen LogP contribution in [-0.4, -0.2) is 9.55 Å². The van der Waals surface area contributed by atoms with Crippen molar-refractivity contribution in [3.05, 3.63) is 41.9 Å². The fourth-order valence-corrected chi connectivity index (χ4v) is 2.36. The van der Waals surface area contributed by atoms with Crippen LogP contribution in [0.2, 0.25) is 0 Å². The number of benzene rings is 1. The van der Waals surface area contributed by atoms with E-state index in [4.69, 9.17) is 4.98 Å². The Hall–Kier alpha value is -1.57. The Morgan fingerprint density at radius 3 is 3.00 bits per heavy atom. The van der Waals surface area contributed by atoms with Crippen molar-refractivity contribution < 1.29 is 0 Å². The number of aromatic nitrogens is 2. The molecule has 16 heavy (non-hydrogen) atoms. The molecular weight excluding hydrogens is 196 g/mol. The molecule has 2 heterocycles. The van der Waals surface area contributed by atoms with Gasteiger partial charge in [0, 0.05) is 24.7 Å². The van der Waals surface area contributed by atoms with Gasteiger partial charge in [-0.05, 0) is 25.8 Å². The van der Waals surface area contributed by atoms with Crippen molar-refractivity contribution in [2.24, 2.45) is 0 Å². The molecule has 0 atom stereocenters. The lowest BCUT2D eigenvalue weighted by Gasteiger charge is -2.11. The Labute approximate surface area is 95.9 Å². The van der Waals surface area contributed by atoms with Crippen LogP contribution in [0.15, 0.2) is 30.5 Å². The molecule has 1 aliphatic heterocycles. The molecule has 0 spiro atoms. The molecule has 0 unspecified atom stereocenters. The van der Waals surface area contributed by atoms with Gasteiger partial charge >= 0.3 is 0 Å².